The van der Waals surface area contributed by atoms with Gasteiger partial charge < -0.3 is 15.9 Å². The number of para-hydroxylation sites is 1. The molecular formula is C13H17N3O4. The molecule has 0 saturated heterocycles. The second-order valence-corrected chi connectivity index (χ2v) is 4.82. The van der Waals surface area contributed by atoms with Crippen molar-refractivity contribution in [2.45, 2.75) is 19.4 Å². The number of carboxylic acid groups (broad SMARTS) is 2. The van der Waals surface area contributed by atoms with Gasteiger partial charge in [0, 0.05) is 12.4 Å². The fourth-order valence-corrected chi connectivity index (χ4v) is 1.69. The maximum Gasteiger partial charge on any atom is 0.414 e. The van der Waals surface area contributed by atoms with Crippen LogP contribution in [0.4, 0.5) is 0 Å². The van der Waals surface area contributed by atoms with Crippen molar-refractivity contribution >= 4 is 22.8 Å². The highest BCUT2D eigenvalue weighted by molar-refractivity contribution is 6.27. The van der Waals surface area contributed by atoms with Crippen molar-refractivity contribution in [2.75, 3.05) is 0 Å². The Labute approximate surface area is 115 Å². The van der Waals surface area contributed by atoms with Crippen LogP contribution in [0.25, 0.3) is 10.9 Å². The first-order valence-corrected chi connectivity index (χ1v) is 5.82. The molecule has 0 aliphatic heterocycles. The predicted octanol–water partition coefficient (Wildman–Crippen LogP) is 0.923. The minimum Gasteiger partial charge on any atom is -0.473 e. The summed E-state index contributed by atoms with van der Waals surface area (Å²) < 4.78 is 1.87. The summed E-state index contributed by atoms with van der Waals surface area (Å²) in [5.74, 6) is -3.65. The molecular weight excluding hydrogens is 262 g/mol. The highest BCUT2D eigenvalue weighted by atomic mass is 16.4. The number of fused-ring (bicyclic) bond motifs is 1. The van der Waals surface area contributed by atoms with E-state index in [0.717, 1.165) is 16.6 Å². The van der Waals surface area contributed by atoms with E-state index in [0.29, 0.717) is 0 Å². The molecule has 1 aromatic heterocycles. The Bertz CT molecular complexity index is 629. The second kappa shape index (κ2) is 5.70. The van der Waals surface area contributed by atoms with Gasteiger partial charge in [0.1, 0.15) is 0 Å². The Morgan fingerprint density at radius 3 is 2.15 bits per heavy atom. The predicted molar refractivity (Wildman–Crippen MR) is 73.2 cm³/mol. The van der Waals surface area contributed by atoms with E-state index in [9.17, 15) is 0 Å². The SMILES string of the molecule is Cn1nc(C(C)(C)N)c2ccccc21.O=C(O)C(=O)O. The maximum absolute atomic E-state index is 9.10. The van der Waals surface area contributed by atoms with Gasteiger partial charge in [-0.15, -0.1) is 0 Å². The first-order chi connectivity index (χ1) is 9.14. The summed E-state index contributed by atoms with van der Waals surface area (Å²) in [5.41, 5.74) is 7.75. The van der Waals surface area contributed by atoms with E-state index in [4.69, 9.17) is 25.5 Å². The molecule has 0 radical (unpaired) electrons. The smallest absolute Gasteiger partial charge is 0.414 e. The quantitative estimate of drug-likeness (QED) is 0.668. The number of rotatable bonds is 1. The van der Waals surface area contributed by atoms with Crippen LogP contribution in [0, 0.1) is 0 Å². The fourth-order valence-electron chi connectivity index (χ4n) is 1.69. The van der Waals surface area contributed by atoms with Gasteiger partial charge in [-0.25, -0.2) is 9.59 Å². The highest BCUT2D eigenvalue weighted by Crippen LogP contribution is 2.24. The van der Waals surface area contributed by atoms with Crippen LogP contribution in [0.3, 0.4) is 0 Å². The van der Waals surface area contributed by atoms with Crippen LogP contribution in [0.15, 0.2) is 24.3 Å². The molecule has 7 nitrogen and oxygen atoms in total. The van der Waals surface area contributed by atoms with Crippen molar-refractivity contribution < 1.29 is 19.8 Å². The largest absolute Gasteiger partial charge is 0.473 e. The van der Waals surface area contributed by atoms with Crippen molar-refractivity contribution in [3.05, 3.63) is 30.0 Å². The van der Waals surface area contributed by atoms with Gasteiger partial charge in [0.25, 0.3) is 0 Å². The number of hydrogen-bond acceptors (Lipinski definition) is 4. The zero-order chi connectivity index (χ0) is 15.5. The molecule has 0 unspecified atom stereocenters. The van der Waals surface area contributed by atoms with Crippen LogP contribution >= 0.6 is 0 Å². The topological polar surface area (TPSA) is 118 Å². The summed E-state index contributed by atoms with van der Waals surface area (Å²) >= 11 is 0. The molecule has 0 saturated carbocycles. The van der Waals surface area contributed by atoms with Crippen LogP contribution in [0.1, 0.15) is 19.5 Å². The Morgan fingerprint density at radius 1 is 1.20 bits per heavy atom. The van der Waals surface area contributed by atoms with E-state index in [2.05, 4.69) is 17.2 Å². The van der Waals surface area contributed by atoms with Gasteiger partial charge in [0.05, 0.1) is 16.7 Å². The van der Waals surface area contributed by atoms with E-state index < -0.39 is 11.9 Å². The molecule has 2 aromatic rings. The lowest BCUT2D eigenvalue weighted by Gasteiger charge is -2.15. The number of aromatic nitrogens is 2. The van der Waals surface area contributed by atoms with Crippen LogP contribution in [0.5, 0.6) is 0 Å². The first-order valence-electron chi connectivity index (χ1n) is 5.82. The Morgan fingerprint density at radius 2 is 1.70 bits per heavy atom. The fraction of sp³-hybridized carbons (Fsp3) is 0.308. The molecule has 4 N–H and O–H groups in total. The number of carboxylic acids is 2. The molecule has 0 fully saturated rings. The zero-order valence-electron chi connectivity index (χ0n) is 11.5. The molecule has 2 rings (SSSR count). The Balaban J connectivity index is 0.000000286. The summed E-state index contributed by atoms with van der Waals surface area (Å²) in [6.45, 7) is 3.95. The number of carbonyl (C=O) groups is 2. The lowest BCUT2D eigenvalue weighted by molar-refractivity contribution is -0.159. The molecule has 0 aliphatic carbocycles. The number of benzene rings is 1. The molecule has 7 heteroatoms. The average Bonchev–Trinajstić information content (AvgIpc) is 2.68. The van der Waals surface area contributed by atoms with E-state index in [1.54, 1.807) is 0 Å². The van der Waals surface area contributed by atoms with Crippen LogP contribution in [-0.4, -0.2) is 31.9 Å². The van der Waals surface area contributed by atoms with E-state index in [-0.39, 0.29) is 5.54 Å². The molecule has 1 aromatic carbocycles. The van der Waals surface area contributed by atoms with Crippen molar-refractivity contribution in [1.82, 2.24) is 9.78 Å². The van der Waals surface area contributed by atoms with Crippen molar-refractivity contribution in [1.29, 1.82) is 0 Å². The molecule has 0 atom stereocenters. The maximum atomic E-state index is 9.10. The first kappa shape index (κ1) is 15.6. The summed E-state index contributed by atoms with van der Waals surface area (Å²) in [7, 11) is 1.94. The number of hydrogen-bond donors (Lipinski definition) is 3. The third kappa shape index (κ3) is 3.55. The molecule has 108 valence electrons. The van der Waals surface area contributed by atoms with Gasteiger partial charge in [-0.05, 0) is 19.9 Å². The summed E-state index contributed by atoms with van der Waals surface area (Å²) in [5, 5.41) is 20.4. The molecule has 0 bridgehead atoms. The third-order valence-electron chi connectivity index (χ3n) is 2.55. The minimum absolute atomic E-state index is 0.388. The number of nitrogens with two attached hydrogens (primary N) is 1. The molecule has 0 spiro atoms. The lowest BCUT2D eigenvalue weighted by atomic mass is 9.99. The van der Waals surface area contributed by atoms with Crippen LogP contribution in [-0.2, 0) is 22.2 Å². The van der Waals surface area contributed by atoms with Gasteiger partial charge in [-0.2, -0.15) is 5.10 Å². The number of nitrogens with zero attached hydrogens (tertiary/aromatic N) is 2. The van der Waals surface area contributed by atoms with Crippen LogP contribution < -0.4 is 5.73 Å². The third-order valence-corrected chi connectivity index (χ3v) is 2.55. The van der Waals surface area contributed by atoms with Gasteiger partial charge in [0.2, 0.25) is 0 Å². The van der Waals surface area contributed by atoms with E-state index in [1.807, 2.05) is 37.7 Å². The van der Waals surface area contributed by atoms with Crippen molar-refractivity contribution in [3.8, 4) is 0 Å². The standard InChI is InChI=1S/C11H15N3.C2H2O4/c1-11(2,12)10-8-6-4-5-7-9(8)14(3)13-10;3-1(4)2(5)6/h4-7H,12H2,1-3H3;(H,3,4)(H,5,6). The lowest BCUT2D eigenvalue weighted by Crippen LogP contribution is -2.29. The number of aryl methyl sites for hydroxylation is 1. The monoisotopic (exact) mass is 279 g/mol. The van der Waals surface area contributed by atoms with E-state index in [1.165, 1.54) is 0 Å². The van der Waals surface area contributed by atoms with Crippen LogP contribution in [0.2, 0.25) is 0 Å². The Kier molecular flexibility index (Phi) is 4.46. The average molecular weight is 279 g/mol. The normalized spacial score (nSPS) is 10.8. The highest BCUT2D eigenvalue weighted by Gasteiger charge is 2.21. The summed E-state index contributed by atoms with van der Waals surface area (Å²) in [4.78, 5) is 18.2. The minimum atomic E-state index is -1.82. The van der Waals surface area contributed by atoms with Gasteiger partial charge in [-0.1, -0.05) is 18.2 Å². The van der Waals surface area contributed by atoms with Gasteiger partial charge in [0.15, 0.2) is 0 Å². The van der Waals surface area contributed by atoms with Gasteiger partial charge >= 0.3 is 11.9 Å². The van der Waals surface area contributed by atoms with E-state index >= 15 is 0 Å². The molecule has 20 heavy (non-hydrogen) atoms. The molecule has 0 amide bonds. The molecule has 1 heterocycles. The number of aliphatic carboxylic acids is 2. The zero-order valence-corrected chi connectivity index (χ0v) is 11.5. The summed E-state index contributed by atoms with van der Waals surface area (Å²) in [6.07, 6.45) is 0. The van der Waals surface area contributed by atoms with Gasteiger partial charge in [-0.3, -0.25) is 4.68 Å². The van der Waals surface area contributed by atoms with Crippen molar-refractivity contribution in [2.24, 2.45) is 12.8 Å². The summed E-state index contributed by atoms with van der Waals surface area (Å²) in [6, 6.07) is 8.14. The second-order valence-electron chi connectivity index (χ2n) is 4.82. The Hall–Kier alpha value is -2.41. The molecule has 0 aliphatic rings. The van der Waals surface area contributed by atoms with Crippen molar-refractivity contribution in [3.63, 3.8) is 0 Å².